The first kappa shape index (κ1) is 14.7. The normalized spacial score (nSPS) is 12.6. The molecular formula is C14H26N4. The second-order valence-electron chi connectivity index (χ2n) is 5.32. The Labute approximate surface area is 111 Å². The number of hydrogen-bond donors (Lipinski definition) is 2. The van der Waals surface area contributed by atoms with Crippen LogP contribution < -0.4 is 10.6 Å². The Balaban J connectivity index is 2.51. The Morgan fingerprint density at radius 1 is 1.11 bits per heavy atom. The van der Waals surface area contributed by atoms with Crippen molar-refractivity contribution in [2.75, 3.05) is 17.7 Å². The Morgan fingerprint density at radius 2 is 1.78 bits per heavy atom. The molecule has 0 saturated heterocycles. The smallest absolute Gasteiger partial charge is 0.134 e. The van der Waals surface area contributed by atoms with E-state index >= 15 is 0 Å². The van der Waals surface area contributed by atoms with Gasteiger partial charge in [-0.25, -0.2) is 9.97 Å². The van der Waals surface area contributed by atoms with Gasteiger partial charge in [-0.15, -0.1) is 0 Å². The van der Waals surface area contributed by atoms with Crippen LogP contribution in [0.15, 0.2) is 6.33 Å². The summed E-state index contributed by atoms with van der Waals surface area (Å²) in [5, 5.41) is 6.54. The van der Waals surface area contributed by atoms with E-state index in [0.29, 0.717) is 6.04 Å². The summed E-state index contributed by atoms with van der Waals surface area (Å²) >= 11 is 0. The Kier molecular flexibility index (Phi) is 5.89. The van der Waals surface area contributed by atoms with E-state index in [-0.39, 0.29) is 0 Å². The van der Waals surface area contributed by atoms with Crippen molar-refractivity contribution in [1.29, 1.82) is 0 Å². The molecule has 1 aromatic rings. The summed E-state index contributed by atoms with van der Waals surface area (Å²) in [5.41, 5.74) is 1.08. The van der Waals surface area contributed by atoms with Crippen LogP contribution in [0.1, 0.15) is 45.6 Å². The molecule has 0 aromatic carbocycles. The maximum atomic E-state index is 4.31. The van der Waals surface area contributed by atoms with Crippen LogP contribution in [-0.2, 0) is 0 Å². The first-order valence-corrected chi connectivity index (χ1v) is 6.80. The largest absolute Gasteiger partial charge is 0.373 e. The van der Waals surface area contributed by atoms with Gasteiger partial charge in [-0.1, -0.05) is 26.7 Å². The molecule has 0 bridgehead atoms. The van der Waals surface area contributed by atoms with Gasteiger partial charge in [0.25, 0.3) is 0 Å². The first-order valence-electron chi connectivity index (χ1n) is 6.80. The van der Waals surface area contributed by atoms with Crippen LogP contribution >= 0.6 is 0 Å². The number of anilines is 2. The molecule has 0 aliphatic rings. The maximum Gasteiger partial charge on any atom is 0.134 e. The number of aromatic nitrogens is 2. The van der Waals surface area contributed by atoms with Crippen molar-refractivity contribution in [3.63, 3.8) is 0 Å². The summed E-state index contributed by atoms with van der Waals surface area (Å²) < 4.78 is 0. The highest BCUT2D eigenvalue weighted by molar-refractivity contribution is 5.56. The van der Waals surface area contributed by atoms with E-state index in [1.807, 2.05) is 14.0 Å². The molecule has 4 nitrogen and oxygen atoms in total. The Hall–Kier alpha value is -1.32. The van der Waals surface area contributed by atoms with Crippen molar-refractivity contribution in [2.24, 2.45) is 5.92 Å². The van der Waals surface area contributed by atoms with Gasteiger partial charge in [0.1, 0.15) is 18.0 Å². The zero-order valence-electron chi connectivity index (χ0n) is 12.2. The molecule has 0 saturated carbocycles. The average Bonchev–Trinajstić information content (AvgIpc) is 2.31. The van der Waals surface area contributed by atoms with Gasteiger partial charge >= 0.3 is 0 Å². The summed E-state index contributed by atoms with van der Waals surface area (Å²) in [7, 11) is 1.88. The van der Waals surface area contributed by atoms with Gasteiger partial charge in [0.2, 0.25) is 0 Å². The van der Waals surface area contributed by atoms with E-state index < -0.39 is 0 Å². The van der Waals surface area contributed by atoms with Crippen LogP contribution in [0.4, 0.5) is 11.6 Å². The standard InChI is InChI=1S/C14H26N4/c1-10(2)7-6-8-11(3)18-14-12(4)13(15-5)16-9-17-14/h9-11H,6-8H2,1-5H3,(H2,15,16,17,18). The highest BCUT2D eigenvalue weighted by Crippen LogP contribution is 2.19. The van der Waals surface area contributed by atoms with Gasteiger partial charge in [-0.3, -0.25) is 0 Å². The average molecular weight is 250 g/mol. The SMILES string of the molecule is CNc1ncnc(NC(C)CCCC(C)C)c1C. The summed E-state index contributed by atoms with van der Waals surface area (Å²) in [6, 6.07) is 0.446. The molecule has 0 fully saturated rings. The van der Waals surface area contributed by atoms with E-state index in [9.17, 15) is 0 Å². The Bertz CT molecular complexity index is 363. The van der Waals surface area contributed by atoms with Crippen molar-refractivity contribution < 1.29 is 0 Å². The fourth-order valence-corrected chi connectivity index (χ4v) is 1.99. The van der Waals surface area contributed by atoms with Crippen LogP contribution in [-0.4, -0.2) is 23.1 Å². The second kappa shape index (κ2) is 7.19. The number of rotatable bonds is 7. The zero-order valence-corrected chi connectivity index (χ0v) is 12.2. The predicted molar refractivity (Wildman–Crippen MR) is 78.1 cm³/mol. The molecule has 4 heteroatoms. The summed E-state index contributed by atoms with van der Waals surface area (Å²) in [5.74, 6) is 2.61. The van der Waals surface area contributed by atoms with Gasteiger partial charge < -0.3 is 10.6 Å². The molecule has 18 heavy (non-hydrogen) atoms. The summed E-state index contributed by atoms with van der Waals surface area (Å²) in [4.78, 5) is 8.50. The molecule has 0 aliphatic carbocycles. The minimum Gasteiger partial charge on any atom is -0.373 e. The summed E-state index contributed by atoms with van der Waals surface area (Å²) in [6.07, 6.45) is 5.32. The lowest BCUT2D eigenvalue weighted by Gasteiger charge is -2.17. The van der Waals surface area contributed by atoms with E-state index in [1.165, 1.54) is 19.3 Å². The van der Waals surface area contributed by atoms with Crippen LogP contribution in [0.2, 0.25) is 0 Å². The third-order valence-corrected chi connectivity index (χ3v) is 3.12. The fourth-order valence-electron chi connectivity index (χ4n) is 1.99. The second-order valence-corrected chi connectivity index (χ2v) is 5.32. The van der Waals surface area contributed by atoms with Crippen molar-refractivity contribution in [1.82, 2.24) is 9.97 Å². The molecule has 102 valence electrons. The van der Waals surface area contributed by atoms with Crippen molar-refractivity contribution in [3.05, 3.63) is 11.9 Å². The monoisotopic (exact) mass is 250 g/mol. The van der Waals surface area contributed by atoms with E-state index in [2.05, 4.69) is 41.4 Å². The third-order valence-electron chi connectivity index (χ3n) is 3.12. The van der Waals surface area contributed by atoms with Crippen molar-refractivity contribution >= 4 is 11.6 Å². The first-order chi connectivity index (χ1) is 8.54. The molecule has 1 rings (SSSR count). The van der Waals surface area contributed by atoms with Gasteiger partial charge in [0.05, 0.1) is 0 Å². The minimum absolute atomic E-state index is 0.446. The molecule has 1 unspecified atom stereocenters. The molecule has 0 amide bonds. The molecular weight excluding hydrogens is 224 g/mol. The van der Waals surface area contributed by atoms with Crippen molar-refractivity contribution in [2.45, 2.75) is 53.0 Å². The predicted octanol–water partition coefficient (Wildman–Crippen LogP) is 3.45. The van der Waals surface area contributed by atoms with Gasteiger partial charge in [0, 0.05) is 18.7 Å². The highest BCUT2D eigenvalue weighted by Gasteiger charge is 2.08. The van der Waals surface area contributed by atoms with Crippen LogP contribution in [0.5, 0.6) is 0 Å². The maximum absolute atomic E-state index is 4.31. The third kappa shape index (κ3) is 4.51. The number of nitrogens with one attached hydrogen (secondary N) is 2. The van der Waals surface area contributed by atoms with Gasteiger partial charge in [0.15, 0.2) is 0 Å². The molecule has 0 radical (unpaired) electrons. The lowest BCUT2D eigenvalue weighted by Crippen LogP contribution is -2.17. The molecule has 2 N–H and O–H groups in total. The topological polar surface area (TPSA) is 49.8 Å². The fraction of sp³-hybridized carbons (Fsp3) is 0.714. The van der Waals surface area contributed by atoms with E-state index in [0.717, 1.165) is 23.1 Å². The van der Waals surface area contributed by atoms with E-state index in [4.69, 9.17) is 0 Å². The number of hydrogen-bond acceptors (Lipinski definition) is 4. The zero-order chi connectivity index (χ0) is 13.5. The molecule has 1 atom stereocenters. The minimum atomic E-state index is 0.446. The molecule has 1 heterocycles. The van der Waals surface area contributed by atoms with Crippen LogP contribution in [0.25, 0.3) is 0 Å². The molecule has 0 spiro atoms. The number of nitrogens with zero attached hydrogens (tertiary/aromatic N) is 2. The van der Waals surface area contributed by atoms with Gasteiger partial charge in [-0.2, -0.15) is 0 Å². The summed E-state index contributed by atoms with van der Waals surface area (Å²) in [6.45, 7) is 8.79. The lowest BCUT2D eigenvalue weighted by atomic mass is 10.0. The van der Waals surface area contributed by atoms with Crippen LogP contribution in [0.3, 0.4) is 0 Å². The van der Waals surface area contributed by atoms with Gasteiger partial charge in [-0.05, 0) is 26.2 Å². The lowest BCUT2D eigenvalue weighted by molar-refractivity contribution is 0.520. The van der Waals surface area contributed by atoms with Crippen LogP contribution in [0, 0.1) is 12.8 Å². The quantitative estimate of drug-likeness (QED) is 0.778. The Morgan fingerprint density at radius 3 is 2.39 bits per heavy atom. The molecule has 0 aliphatic heterocycles. The van der Waals surface area contributed by atoms with Crippen molar-refractivity contribution in [3.8, 4) is 0 Å². The van der Waals surface area contributed by atoms with E-state index in [1.54, 1.807) is 6.33 Å². The molecule has 1 aromatic heterocycles. The highest BCUT2D eigenvalue weighted by atomic mass is 15.1.